The van der Waals surface area contributed by atoms with Crippen LogP contribution in [0.3, 0.4) is 0 Å². The molecule has 0 aliphatic heterocycles. The molecule has 6 nitrogen and oxygen atoms in total. The largest absolute Gasteiger partial charge is 0.383 e. The Kier molecular flexibility index (Phi) is 3.47. The van der Waals surface area contributed by atoms with Gasteiger partial charge in [0, 0.05) is 26.9 Å². The van der Waals surface area contributed by atoms with Gasteiger partial charge in [-0.15, -0.1) is 0 Å². The van der Waals surface area contributed by atoms with E-state index in [0.717, 1.165) is 0 Å². The Morgan fingerprint density at radius 1 is 1.71 bits per heavy atom. The Balaban J connectivity index is 2.61. The fourth-order valence-electron chi connectivity index (χ4n) is 1.03. The number of methoxy groups -OCH3 is 1. The number of aromatic nitrogens is 2. The minimum atomic E-state index is -0.387. The number of hydrogen-bond donors (Lipinski definition) is 2. The number of aromatic amines is 1. The van der Waals surface area contributed by atoms with Crippen molar-refractivity contribution in [2.24, 2.45) is 7.05 Å². The van der Waals surface area contributed by atoms with E-state index in [-0.39, 0.29) is 17.0 Å². The number of aryl methyl sites for hydroxylation is 1. The summed E-state index contributed by atoms with van der Waals surface area (Å²) in [4.78, 5) is 22.5. The summed E-state index contributed by atoms with van der Waals surface area (Å²) in [6.07, 6.45) is 1.45. The first-order valence-electron chi connectivity index (χ1n) is 4.18. The number of hydrogen-bond acceptors (Lipinski definition) is 3. The third-order valence-electron chi connectivity index (χ3n) is 1.68. The van der Waals surface area contributed by atoms with Gasteiger partial charge in [-0.05, 0) is 0 Å². The zero-order valence-corrected chi connectivity index (χ0v) is 8.16. The number of nitrogens with zero attached hydrogens (tertiary/aromatic N) is 1. The van der Waals surface area contributed by atoms with Crippen LogP contribution in [0.5, 0.6) is 0 Å². The number of rotatable bonds is 4. The molecule has 1 aromatic rings. The van der Waals surface area contributed by atoms with Crippen LogP contribution in [0.4, 0.5) is 0 Å². The lowest BCUT2D eigenvalue weighted by Crippen LogP contribution is -2.30. The third-order valence-corrected chi connectivity index (χ3v) is 1.68. The third kappa shape index (κ3) is 2.46. The SMILES string of the molecule is COCCNC(=O)c1cn(C)[nH]c1=O. The molecular formula is C8H13N3O3. The molecule has 0 radical (unpaired) electrons. The van der Waals surface area contributed by atoms with E-state index < -0.39 is 0 Å². The highest BCUT2D eigenvalue weighted by Crippen LogP contribution is 1.88. The molecule has 78 valence electrons. The molecule has 1 rings (SSSR count). The first-order valence-corrected chi connectivity index (χ1v) is 4.18. The Morgan fingerprint density at radius 2 is 2.43 bits per heavy atom. The van der Waals surface area contributed by atoms with Gasteiger partial charge in [-0.25, -0.2) is 0 Å². The molecule has 0 fully saturated rings. The van der Waals surface area contributed by atoms with E-state index in [9.17, 15) is 9.59 Å². The maximum Gasteiger partial charge on any atom is 0.276 e. The van der Waals surface area contributed by atoms with E-state index >= 15 is 0 Å². The molecule has 0 unspecified atom stereocenters. The summed E-state index contributed by atoms with van der Waals surface area (Å²) in [5, 5.41) is 5.00. The van der Waals surface area contributed by atoms with Crippen LogP contribution in [0, 0.1) is 0 Å². The predicted octanol–water partition coefficient (Wildman–Crippen LogP) is -0.910. The monoisotopic (exact) mass is 199 g/mol. The Hall–Kier alpha value is -1.56. The van der Waals surface area contributed by atoms with Gasteiger partial charge in [-0.1, -0.05) is 0 Å². The van der Waals surface area contributed by atoms with Crippen molar-refractivity contribution in [1.82, 2.24) is 15.1 Å². The molecule has 14 heavy (non-hydrogen) atoms. The summed E-state index contributed by atoms with van der Waals surface area (Å²) in [6.45, 7) is 0.820. The first kappa shape index (κ1) is 10.5. The van der Waals surface area contributed by atoms with E-state index in [0.29, 0.717) is 13.2 Å². The zero-order chi connectivity index (χ0) is 10.6. The minimum Gasteiger partial charge on any atom is -0.383 e. The molecule has 0 aromatic carbocycles. The van der Waals surface area contributed by atoms with Gasteiger partial charge in [0.05, 0.1) is 6.61 Å². The topological polar surface area (TPSA) is 76.1 Å². The van der Waals surface area contributed by atoms with Crippen molar-refractivity contribution in [3.8, 4) is 0 Å². The van der Waals surface area contributed by atoms with Crippen molar-refractivity contribution < 1.29 is 9.53 Å². The predicted molar refractivity (Wildman–Crippen MR) is 50.2 cm³/mol. The maximum absolute atomic E-state index is 11.4. The highest BCUT2D eigenvalue weighted by molar-refractivity contribution is 5.93. The molecule has 0 bridgehead atoms. The molecule has 0 aliphatic carbocycles. The van der Waals surface area contributed by atoms with Gasteiger partial charge >= 0.3 is 0 Å². The van der Waals surface area contributed by atoms with Crippen LogP contribution >= 0.6 is 0 Å². The van der Waals surface area contributed by atoms with Gasteiger partial charge in [0.25, 0.3) is 11.5 Å². The highest BCUT2D eigenvalue weighted by Gasteiger charge is 2.10. The number of carbonyl (C=O) groups is 1. The fraction of sp³-hybridized carbons (Fsp3) is 0.500. The molecule has 0 atom stereocenters. The lowest BCUT2D eigenvalue weighted by molar-refractivity contribution is 0.0936. The van der Waals surface area contributed by atoms with Crippen molar-refractivity contribution in [2.45, 2.75) is 0 Å². The quantitative estimate of drug-likeness (QED) is 0.616. The number of carbonyl (C=O) groups excluding carboxylic acids is 1. The number of nitrogens with one attached hydrogen (secondary N) is 2. The summed E-state index contributed by atoms with van der Waals surface area (Å²) in [6, 6.07) is 0. The molecule has 1 aromatic heterocycles. The summed E-state index contributed by atoms with van der Waals surface area (Å²) in [5.74, 6) is -0.385. The van der Waals surface area contributed by atoms with E-state index in [1.165, 1.54) is 10.9 Å². The van der Waals surface area contributed by atoms with E-state index in [1.807, 2.05) is 0 Å². The summed E-state index contributed by atoms with van der Waals surface area (Å²) in [7, 11) is 3.19. The van der Waals surface area contributed by atoms with Gasteiger partial charge in [0.1, 0.15) is 5.56 Å². The number of H-pyrrole nitrogens is 1. The lowest BCUT2D eigenvalue weighted by Gasteiger charge is -2.00. The van der Waals surface area contributed by atoms with Crippen LogP contribution in [-0.2, 0) is 11.8 Å². The van der Waals surface area contributed by atoms with Gasteiger partial charge in [0.15, 0.2) is 0 Å². The molecule has 0 spiro atoms. The van der Waals surface area contributed by atoms with E-state index in [4.69, 9.17) is 4.74 Å². The Labute approximate surface area is 80.8 Å². The summed E-state index contributed by atoms with van der Waals surface area (Å²) >= 11 is 0. The average molecular weight is 199 g/mol. The zero-order valence-electron chi connectivity index (χ0n) is 8.16. The van der Waals surface area contributed by atoms with Crippen LogP contribution in [0.25, 0.3) is 0 Å². The molecular weight excluding hydrogens is 186 g/mol. The molecule has 1 amide bonds. The molecule has 0 aliphatic rings. The van der Waals surface area contributed by atoms with Crippen LogP contribution in [0.1, 0.15) is 10.4 Å². The Morgan fingerprint density at radius 3 is 2.93 bits per heavy atom. The lowest BCUT2D eigenvalue weighted by atomic mass is 10.3. The fourth-order valence-corrected chi connectivity index (χ4v) is 1.03. The van der Waals surface area contributed by atoms with Crippen molar-refractivity contribution in [2.75, 3.05) is 20.3 Å². The Bertz CT molecular complexity index is 366. The van der Waals surface area contributed by atoms with Gasteiger partial charge < -0.3 is 10.1 Å². The van der Waals surface area contributed by atoms with Crippen molar-refractivity contribution >= 4 is 5.91 Å². The molecule has 2 N–H and O–H groups in total. The van der Waals surface area contributed by atoms with Crippen LogP contribution in [-0.4, -0.2) is 35.9 Å². The van der Waals surface area contributed by atoms with Gasteiger partial charge in [-0.2, -0.15) is 0 Å². The van der Waals surface area contributed by atoms with Crippen LogP contribution < -0.4 is 10.9 Å². The van der Waals surface area contributed by atoms with Gasteiger partial charge in [0.2, 0.25) is 0 Å². The highest BCUT2D eigenvalue weighted by atomic mass is 16.5. The maximum atomic E-state index is 11.4. The van der Waals surface area contributed by atoms with Crippen LogP contribution in [0.15, 0.2) is 11.0 Å². The number of amides is 1. The van der Waals surface area contributed by atoms with Crippen molar-refractivity contribution in [3.63, 3.8) is 0 Å². The standard InChI is InChI=1S/C8H13N3O3/c1-11-5-6(8(13)10-11)7(12)9-3-4-14-2/h5H,3-4H2,1-2H3,(H,9,12)(H,10,13). The molecule has 6 heteroatoms. The van der Waals surface area contributed by atoms with Gasteiger partial charge in [-0.3, -0.25) is 19.4 Å². The molecule has 0 saturated heterocycles. The second kappa shape index (κ2) is 4.61. The molecule has 0 saturated carbocycles. The average Bonchev–Trinajstić information content (AvgIpc) is 2.45. The van der Waals surface area contributed by atoms with Crippen molar-refractivity contribution in [1.29, 1.82) is 0 Å². The number of ether oxygens (including phenoxy) is 1. The summed E-state index contributed by atoms with van der Waals surface area (Å²) < 4.78 is 6.20. The second-order valence-electron chi connectivity index (χ2n) is 2.84. The molecule has 1 heterocycles. The van der Waals surface area contributed by atoms with Crippen molar-refractivity contribution in [3.05, 3.63) is 22.1 Å². The van der Waals surface area contributed by atoms with E-state index in [2.05, 4.69) is 10.4 Å². The summed E-state index contributed by atoms with van der Waals surface area (Å²) in [5.41, 5.74) is -0.272. The minimum absolute atomic E-state index is 0.114. The van der Waals surface area contributed by atoms with E-state index in [1.54, 1.807) is 14.2 Å². The smallest absolute Gasteiger partial charge is 0.276 e. The normalized spacial score (nSPS) is 10.1. The van der Waals surface area contributed by atoms with Crippen LogP contribution in [0.2, 0.25) is 0 Å². The second-order valence-corrected chi connectivity index (χ2v) is 2.84. The first-order chi connectivity index (χ1) is 6.65.